The number of hydrogen-bond donors (Lipinski definition) is 2. The molecule has 3 aromatic rings. The van der Waals surface area contributed by atoms with Gasteiger partial charge in [0, 0.05) is 19.5 Å². The number of hydrazine groups is 1. The minimum Gasteiger partial charge on any atom is -0.318 e. The number of amides is 4. The van der Waals surface area contributed by atoms with Crippen molar-refractivity contribution in [3.8, 4) is 0 Å². The van der Waals surface area contributed by atoms with Gasteiger partial charge in [-0.05, 0) is 31.0 Å². The topological polar surface area (TPSA) is 105 Å². The Labute approximate surface area is 184 Å². The van der Waals surface area contributed by atoms with Gasteiger partial charge in [0.25, 0.3) is 5.91 Å². The molecular weight excluding hydrogens is 410 g/mol. The molecule has 2 N–H and O–H groups in total. The number of aromatic nitrogens is 2. The van der Waals surface area contributed by atoms with Crippen LogP contribution in [0.1, 0.15) is 32.3 Å². The first-order chi connectivity index (χ1) is 15.4. The van der Waals surface area contributed by atoms with Crippen LogP contribution in [0.15, 0.2) is 59.4 Å². The highest BCUT2D eigenvalue weighted by molar-refractivity contribution is 6.08. The summed E-state index contributed by atoms with van der Waals surface area (Å²) in [5.41, 5.74) is 3.10. The fourth-order valence-corrected chi connectivity index (χ4v) is 4.03. The van der Waals surface area contributed by atoms with E-state index in [0.717, 1.165) is 17.5 Å². The maximum Gasteiger partial charge on any atom is 0.344 e. The maximum absolute atomic E-state index is 12.9. The number of imide groups is 1. The summed E-state index contributed by atoms with van der Waals surface area (Å²) in [4.78, 5) is 50.8. The average molecular weight is 435 g/mol. The molecule has 1 fully saturated rings. The summed E-state index contributed by atoms with van der Waals surface area (Å²) in [6, 6.07) is 15.5. The number of urea groups is 1. The zero-order valence-electron chi connectivity index (χ0n) is 18.0. The van der Waals surface area contributed by atoms with E-state index in [9.17, 15) is 19.2 Å². The number of nitrogens with one attached hydrogen (secondary N) is 2. The molecule has 9 nitrogen and oxygen atoms in total. The van der Waals surface area contributed by atoms with Crippen LogP contribution in [-0.2, 0) is 28.2 Å². The average Bonchev–Trinajstić information content (AvgIpc) is 3.19. The second kappa shape index (κ2) is 8.33. The van der Waals surface area contributed by atoms with Gasteiger partial charge >= 0.3 is 11.7 Å². The van der Waals surface area contributed by atoms with Crippen LogP contribution in [0.4, 0.5) is 4.79 Å². The normalized spacial score (nSPS) is 18.2. The molecule has 1 saturated heterocycles. The molecular formula is C23H25N5O4. The van der Waals surface area contributed by atoms with Gasteiger partial charge in [0.1, 0.15) is 5.54 Å². The van der Waals surface area contributed by atoms with Crippen molar-refractivity contribution in [3.63, 3.8) is 0 Å². The Hall–Kier alpha value is -3.88. The number of hydrogen-bond acceptors (Lipinski definition) is 4. The standard InChI is InChI=1S/C23H25N5O4/c1-3-14-26-17-11-7-8-12-18(17)27(22(26)32)15-13-19(29)25-28-20(30)23(2,24-21(28)31)16-9-5-4-6-10-16/h4-12H,3,13-15H2,1-2H3,(H,24,31)(H,25,29). The number of imidazole rings is 1. The van der Waals surface area contributed by atoms with Crippen LogP contribution < -0.4 is 16.4 Å². The van der Waals surface area contributed by atoms with Gasteiger partial charge in [0.05, 0.1) is 11.0 Å². The van der Waals surface area contributed by atoms with E-state index in [1.807, 2.05) is 37.3 Å². The fourth-order valence-electron chi connectivity index (χ4n) is 4.03. The first-order valence-corrected chi connectivity index (χ1v) is 10.6. The second-order valence-corrected chi connectivity index (χ2v) is 7.92. The molecule has 0 spiro atoms. The summed E-state index contributed by atoms with van der Waals surface area (Å²) in [7, 11) is 0. The van der Waals surface area contributed by atoms with E-state index in [2.05, 4.69) is 10.7 Å². The van der Waals surface area contributed by atoms with Crippen molar-refractivity contribution in [2.75, 3.05) is 0 Å². The summed E-state index contributed by atoms with van der Waals surface area (Å²) >= 11 is 0. The quantitative estimate of drug-likeness (QED) is 0.555. The molecule has 1 aromatic heterocycles. The van der Waals surface area contributed by atoms with Crippen molar-refractivity contribution in [3.05, 3.63) is 70.6 Å². The first-order valence-electron chi connectivity index (χ1n) is 10.6. The molecule has 1 aliphatic rings. The third kappa shape index (κ3) is 3.55. The number of carbonyl (C=O) groups is 3. The highest BCUT2D eigenvalue weighted by Crippen LogP contribution is 2.27. The second-order valence-electron chi connectivity index (χ2n) is 7.92. The summed E-state index contributed by atoms with van der Waals surface area (Å²) < 4.78 is 3.24. The zero-order valence-corrected chi connectivity index (χ0v) is 18.0. The van der Waals surface area contributed by atoms with Gasteiger partial charge in [0.15, 0.2) is 0 Å². The molecule has 9 heteroatoms. The van der Waals surface area contributed by atoms with E-state index in [1.165, 1.54) is 0 Å². The van der Waals surface area contributed by atoms with E-state index < -0.39 is 23.4 Å². The predicted molar refractivity (Wildman–Crippen MR) is 118 cm³/mol. The summed E-state index contributed by atoms with van der Waals surface area (Å²) in [5.74, 6) is -1.11. The number of rotatable bonds is 7. The van der Waals surface area contributed by atoms with E-state index in [1.54, 1.807) is 40.3 Å². The predicted octanol–water partition coefficient (Wildman–Crippen LogP) is 2.10. The fraction of sp³-hybridized carbons (Fsp3) is 0.304. The number of carbonyl (C=O) groups excluding carboxylic acids is 3. The van der Waals surface area contributed by atoms with Gasteiger partial charge in [-0.2, -0.15) is 5.01 Å². The van der Waals surface area contributed by atoms with Crippen molar-refractivity contribution in [1.29, 1.82) is 0 Å². The van der Waals surface area contributed by atoms with Crippen molar-refractivity contribution < 1.29 is 14.4 Å². The van der Waals surface area contributed by atoms with Crippen LogP contribution >= 0.6 is 0 Å². The molecule has 1 aliphatic heterocycles. The minimum atomic E-state index is -1.27. The Morgan fingerprint density at radius 1 is 0.938 bits per heavy atom. The third-order valence-corrected chi connectivity index (χ3v) is 5.71. The maximum atomic E-state index is 12.9. The highest BCUT2D eigenvalue weighted by Gasteiger charge is 2.49. The van der Waals surface area contributed by atoms with Gasteiger partial charge < -0.3 is 5.32 Å². The number of aryl methyl sites for hydroxylation is 2. The van der Waals surface area contributed by atoms with E-state index in [0.29, 0.717) is 17.1 Å². The summed E-state index contributed by atoms with van der Waals surface area (Å²) in [6.45, 7) is 4.30. The van der Waals surface area contributed by atoms with Crippen LogP contribution in [0, 0.1) is 0 Å². The first kappa shape index (κ1) is 21.4. The summed E-state index contributed by atoms with van der Waals surface area (Å²) in [6.07, 6.45) is 0.736. The molecule has 0 bridgehead atoms. The van der Waals surface area contributed by atoms with Crippen LogP contribution in [0.3, 0.4) is 0 Å². The van der Waals surface area contributed by atoms with Crippen molar-refractivity contribution in [1.82, 2.24) is 24.9 Å². The van der Waals surface area contributed by atoms with E-state index in [4.69, 9.17) is 0 Å². The molecule has 2 heterocycles. The van der Waals surface area contributed by atoms with Gasteiger partial charge in [-0.1, -0.05) is 49.4 Å². The molecule has 4 rings (SSSR count). The Balaban J connectivity index is 1.49. The molecule has 4 amide bonds. The monoisotopic (exact) mass is 435 g/mol. The summed E-state index contributed by atoms with van der Waals surface area (Å²) in [5, 5.41) is 3.35. The van der Waals surface area contributed by atoms with E-state index >= 15 is 0 Å². The molecule has 0 aliphatic carbocycles. The lowest BCUT2D eigenvalue weighted by Crippen LogP contribution is -2.48. The van der Waals surface area contributed by atoms with Crippen LogP contribution in [0.2, 0.25) is 0 Å². The minimum absolute atomic E-state index is 0.0703. The molecule has 166 valence electrons. The molecule has 2 aromatic carbocycles. The number of benzene rings is 2. The number of nitrogens with zero attached hydrogens (tertiary/aromatic N) is 3. The van der Waals surface area contributed by atoms with Gasteiger partial charge in [-0.15, -0.1) is 0 Å². The van der Waals surface area contributed by atoms with Crippen LogP contribution in [0.25, 0.3) is 11.0 Å². The third-order valence-electron chi connectivity index (χ3n) is 5.71. The van der Waals surface area contributed by atoms with Crippen molar-refractivity contribution >= 4 is 28.9 Å². The molecule has 0 saturated carbocycles. The number of para-hydroxylation sites is 2. The highest BCUT2D eigenvalue weighted by atomic mass is 16.2. The zero-order chi connectivity index (χ0) is 22.9. The molecule has 0 radical (unpaired) electrons. The lowest BCUT2D eigenvalue weighted by molar-refractivity contribution is -0.139. The van der Waals surface area contributed by atoms with Crippen LogP contribution in [-0.4, -0.2) is 32.0 Å². The van der Waals surface area contributed by atoms with Gasteiger partial charge in [-0.3, -0.25) is 24.1 Å². The molecule has 1 unspecified atom stereocenters. The van der Waals surface area contributed by atoms with Gasteiger partial charge in [-0.25, -0.2) is 9.59 Å². The Kier molecular flexibility index (Phi) is 5.56. The largest absolute Gasteiger partial charge is 0.344 e. The molecule has 32 heavy (non-hydrogen) atoms. The smallest absolute Gasteiger partial charge is 0.318 e. The lowest BCUT2D eigenvalue weighted by atomic mass is 9.92. The Morgan fingerprint density at radius 2 is 1.53 bits per heavy atom. The van der Waals surface area contributed by atoms with E-state index in [-0.39, 0.29) is 18.7 Å². The Morgan fingerprint density at radius 3 is 2.16 bits per heavy atom. The van der Waals surface area contributed by atoms with Gasteiger partial charge in [0.2, 0.25) is 5.91 Å². The molecule has 1 atom stereocenters. The number of fused-ring (bicyclic) bond motifs is 1. The Bertz CT molecular complexity index is 1250. The lowest BCUT2D eigenvalue weighted by Gasteiger charge is -2.22. The van der Waals surface area contributed by atoms with Crippen molar-refractivity contribution in [2.45, 2.75) is 45.3 Å². The van der Waals surface area contributed by atoms with Crippen molar-refractivity contribution in [2.24, 2.45) is 0 Å². The van der Waals surface area contributed by atoms with Crippen LogP contribution in [0.5, 0.6) is 0 Å². The SMILES string of the molecule is CCCn1c(=O)n(CCC(=O)NN2C(=O)NC(C)(c3ccccc3)C2=O)c2ccccc21.